The molecule has 2 heterocycles. The third-order valence-electron chi connectivity index (χ3n) is 5.86. The fourth-order valence-electron chi connectivity index (χ4n) is 4.34. The lowest BCUT2D eigenvalue weighted by atomic mass is 9.98. The summed E-state index contributed by atoms with van der Waals surface area (Å²) < 4.78 is 5.59. The Bertz CT molecular complexity index is 1240. The number of benzene rings is 1. The number of amides is 2. The molecule has 0 bridgehead atoms. The van der Waals surface area contributed by atoms with Gasteiger partial charge in [0.25, 0.3) is 0 Å². The Morgan fingerprint density at radius 3 is 2.86 bits per heavy atom. The predicted molar refractivity (Wildman–Crippen MR) is 135 cm³/mol. The van der Waals surface area contributed by atoms with Gasteiger partial charge in [-0.2, -0.15) is 5.26 Å². The van der Waals surface area contributed by atoms with E-state index in [1.807, 2.05) is 49.4 Å². The number of carbonyl (C=O) groups excluding carboxylic acids is 2. The molecule has 8 nitrogen and oxygen atoms in total. The molecule has 1 atom stereocenters. The highest BCUT2D eigenvalue weighted by Gasteiger charge is 2.35. The van der Waals surface area contributed by atoms with Crippen LogP contribution in [0, 0.1) is 11.3 Å². The number of carbonyl (C=O) groups is 2. The lowest BCUT2D eigenvalue weighted by Gasteiger charge is -2.40. The summed E-state index contributed by atoms with van der Waals surface area (Å²) in [6, 6.07) is 11.0. The van der Waals surface area contributed by atoms with E-state index in [9.17, 15) is 9.59 Å². The van der Waals surface area contributed by atoms with Crippen molar-refractivity contribution in [1.82, 2.24) is 10.3 Å². The fourth-order valence-corrected chi connectivity index (χ4v) is 4.34. The monoisotopic (exact) mass is 469 g/mol. The highest BCUT2D eigenvalue weighted by atomic mass is 16.6. The molecule has 35 heavy (non-hydrogen) atoms. The van der Waals surface area contributed by atoms with Gasteiger partial charge in [0.1, 0.15) is 0 Å². The maximum absolute atomic E-state index is 13.2. The van der Waals surface area contributed by atoms with Crippen LogP contribution in [0.25, 0.3) is 5.57 Å². The minimum absolute atomic E-state index is 0.0941. The van der Waals surface area contributed by atoms with Crippen LogP contribution in [0.15, 0.2) is 72.7 Å². The van der Waals surface area contributed by atoms with Crippen LogP contribution < -0.4 is 19.9 Å². The Hall–Kier alpha value is -4.38. The van der Waals surface area contributed by atoms with Gasteiger partial charge in [0.15, 0.2) is 5.75 Å². The van der Waals surface area contributed by atoms with Crippen molar-refractivity contribution in [2.45, 2.75) is 32.7 Å². The second kappa shape index (κ2) is 10.7. The highest BCUT2D eigenvalue weighted by Crippen LogP contribution is 2.39. The van der Waals surface area contributed by atoms with E-state index in [2.05, 4.69) is 16.4 Å². The van der Waals surface area contributed by atoms with E-state index in [-0.39, 0.29) is 11.9 Å². The number of nitriles is 1. The van der Waals surface area contributed by atoms with E-state index < -0.39 is 6.09 Å². The number of pyridine rings is 1. The molecule has 0 saturated heterocycles. The van der Waals surface area contributed by atoms with Crippen LogP contribution in [0.3, 0.4) is 0 Å². The second-order valence-corrected chi connectivity index (χ2v) is 8.33. The van der Waals surface area contributed by atoms with E-state index in [1.54, 1.807) is 28.1 Å². The maximum Gasteiger partial charge on any atom is 0.419 e. The average Bonchev–Trinajstić information content (AvgIpc) is 3.09. The molecule has 1 aromatic carbocycles. The molecule has 0 fully saturated rings. The SMILES string of the molecule is CC(=O)N1c2ccc(C3=C(NCCC#N)CC=CC=C3)cc2N(C(=O)Oc2cccnc2)CC1C. The molecule has 178 valence electrons. The van der Waals surface area contributed by atoms with Crippen molar-refractivity contribution in [2.24, 2.45) is 0 Å². The van der Waals surface area contributed by atoms with Gasteiger partial charge < -0.3 is 15.0 Å². The van der Waals surface area contributed by atoms with Crippen LogP contribution in [0.5, 0.6) is 5.75 Å². The van der Waals surface area contributed by atoms with Crippen molar-refractivity contribution in [2.75, 3.05) is 22.9 Å². The number of hydrogen-bond acceptors (Lipinski definition) is 6. The van der Waals surface area contributed by atoms with Gasteiger partial charge in [-0.1, -0.05) is 30.4 Å². The first-order valence-corrected chi connectivity index (χ1v) is 11.5. The van der Waals surface area contributed by atoms with Gasteiger partial charge in [-0.05, 0) is 36.8 Å². The number of anilines is 2. The zero-order valence-corrected chi connectivity index (χ0v) is 19.8. The molecule has 2 aliphatic rings. The number of nitrogens with one attached hydrogen (secondary N) is 1. The predicted octanol–water partition coefficient (Wildman–Crippen LogP) is 4.57. The minimum atomic E-state index is -0.536. The normalized spacial score (nSPS) is 16.9. The first kappa shape index (κ1) is 23.8. The molecular weight excluding hydrogens is 442 g/mol. The van der Waals surface area contributed by atoms with Gasteiger partial charge >= 0.3 is 6.09 Å². The molecular formula is C27H27N5O3. The molecule has 2 aromatic rings. The number of rotatable bonds is 5. The number of fused-ring (bicyclic) bond motifs is 1. The molecule has 8 heteroatoms. The van der Waals surface area contributed by atoms with E-state index >= 15 is 0 Å². The lowest BCUT2D eigenvalue weighted by Crippen LogP contribution is -2.52. The average molecular weight is 470 g/mol. The van der Waals surface area contributed by atoms with Crippen molar-refractivity contribution < 1.29 is 14.3 Å². The third-order valence-corrected chi connectivity index (χ3v) is 5.86. The smallest absolute Gasteiger partial charge is 0.408 e. The number of ether oxygens (including phenoxy) is 1. The number of nitrogens with zero attached hydrogens (tertiary/aromatic N) is 4. The van der Waals surface area contributed by atoms with Gasteiger partial charge in [-0.25, -0.2) is 4.79 Å². The van der Waals surface area contributed by atoms with E-state index in [4.69, 9.17) is 10.00 Å². The summed E-state index contributed by atoms with van der Waals surface area (Å²) in [4.78, 5) is 33.0. The molecule has 1 N–H and O–H groups in total. The van der Waals surface area contributed by atoms with Crippen molar-refractivity contribution in [3.05, 3.63) is 78.3 Å². The first-order valence-electron chi connectivity index (χ1n) is 11.5. The molecule has 1 aliphatic heterocycles. The number of hydrogen-bond donors (Lipinski definition) is 1. The summed E-state index contributed by atoms with van der Waals surface area (Å²) in [5, 5.41) is 12.3. The zero-order valence-electron chi connectivity index (χ0n) is 19.8. The maximum atomic E-state index is 13.2. The Morgan fingerprint density at radius 1 is 1.26 bits per heavy atom. The van der Waals surface area contributed by atoms with Crippen LogP contribution in [0.4, 0.5) is 16.2 Å². The van der Waals surface area contributed by atoms with Gasteiger partial charge in [0.2, 0.25) is 5.91 Å². The van der Waals surface area contributed by atoms with Crippen LogP contribution in [0.1, 0.15) is 32.3 Å². The molecule has 4 rings (SSSR count). The Labute approximate surface area is 204 Å². The number of allylic oxidation sites excluding steroid dienone is 5. The summed E-state index contributed by atoms with van der Waals surface area (Å²) in [5.74, 6) is 0.254. The minimum Gasteiger partial charge on any atom is -0.408 e. The molecule has 0 spiro atoms. The van der Waals surface area contributed by atoms with E-state index in [1.165, 1.54) is 13.1 Å². The summed E-state index contributed by atoms with van der Waals surface area (Å²) in [6.45, 7) is 4.26. The largest absolute Gasteiger partial charge is 0.419 e. The molecule has 0 saturated carbocycles. The summed E-state index contributed by atoms with van der Waals surface area (Å²) >= 11 is 0. The molecule has 1 aliphatic carbocycles. The van der Waals surface area contributed by atoms with Crippen LogP contribution in [-0.4, -0.2) is 36.1 Å². The van der Waals surface area contributed by atoms with Crippen LogP contribution in [-0.2, 0) is 4.79 Å². The van der Waals surface area contributed by atoms with Gasteiger partial charge in [-0.3, -0.25) is 14.7 Å². The van der Waals surface area contributed by atoms with Crippen molar-refractivity contribution in [3.8, 4) is 11.8 Å². The quantitative estimate of drug-likeness (QED) is 0.644. The van der Waals surface area contributed by atoms with Crippen molar-refractivity contribution in [1.29, 1.82) is 5.26 Å². The Kier molecular flexibility index (Phi) is 7.27. The van der Waals surface area contributed by atoms with Gasteiger partial charge in [-0.15, -0.1) is 0 Å². The first-order chi connectivity index (χ1) is 17.0. The summed E-state index contributed by atoms with van der Waals surface area (Å²) in [7, 11) is 0. The fraction of sp³-hybridized carbons (Fsp3) is 0.259. The van der Waals surface area contributed by atoms with E-state index in [0.29, 0.717) is 43.1 Å². The Balaban J connectivity index is 1.76. The van der Waals surface area contributed by atoms with Crippen molar-refractivity contribution in [3.63, 3.8) is 0 Å². The zero-order chi connectivity index (χ0) is 24.8. The Morgan fingerprint density at radius 2 is 2.11 bits per heavy atom. The number of aromatic nitrogens is 1. The van der Waals surface area contributed by atoms with Crippen LogP contribution >= 0.6 is 0 Å². The van der Waals surface area contributed by atoms with Gasteiger partial charge in [0.05, 0.1) is 36.1 Å². The second-order valence-electron chi connectivity index (χ2n) is 8.33. The van der Waals surface area contributed by atoms with Gasteiger partial charge in [0, 0.05) is 43.9 Å². The van der Waals surface area contributed by atoms with E-state index in [0.717, 1.165) is 16.8 Å². The molecule has 1 aromatic heterocycles. The third kappa shape index (κ3) is 5.25. The highest BCUT2D eigenvalue weighted by molar-refractivity contribution is 6.03. The van der Waals surface area contributed by atoms with Crippen LogP contribution in [0.2, 0.25) is 0 Å². The standard InChI is InChI=1S/C27H27N5O3/c1-19-18-31(27(34)35-22-8-6-14-29-17-22)26-16-21(11-12-25(26)32(19)20(2)33)23-9-4-3-5-10-24(23)30-15-7-13-28/h3-6,8-9,11-12,14,16-17,19,30H,7,10,15,18H2,1-2H3. The van der Waals surface area contributed by atoms with Crippen molar-refractivity contribution >= 4 is 28.9 Å². The topological polar surface area (TPSA) is 98.6 Å². The molecule has 1 unspecified atom stereocenters. The summed E-state index contributed by atoms with van der Waals surface area (Å²) in [5.41, 5.74) is 4.09. The molecule has 2 amide bonds. The summed E-state index contributed by atoms with van der Waals surface area (Å²) in [6.07, 6.45) is 11.6. The lowest BCUT2D eigenvalue weighted by molar-refractivity contribution is -0.117. The molecule has 0 radical (unpaired) electrons.